The summed E-state index contributed by atoms with van der Waals surface area (Å²) in [5, 5.41) is 0. The Balaban J connectivity index is 4.05. The fourth-order valence-corrected chi connectivity index (χ4v) is 1.16. The zero-order chi connectivity index (χ0) is 11.0. The molecule has 0 rings (SSSR count). The Morgan fingerprint density at radius 2 is 2.21 bits per heavy atom. The molecule has 80 valence electrons. The second-order valence-corrected chi connectivity index (χ2v) is 3.18. The lowest BCUT2D eigenvalue weighted by atomic mass is 10.1. The van der Waals surface area contributed by atoms with Crippen LogP contribution in [0.4, 0.5) is 0 Å². The van der Waals surface area contributed by atoms with E-state index in [1.165, 1.54) is 6.08 Å². The fraction of sp³-hybridized carbons (Fsp3) is 0.545. The topological polar surface area (TPSA) is 52.3 Å². The van der Waals surface area contributed by atoms with Gasteiger partial charge in [-0.15, -0.1) is 0 Å². The van der Waals surface area contributed by atoms with Crippen molar-refractivity contribution in [1.82, 2.24) is 0 Å². The molecule has 0 aliphatic heterocycles. The summed E-state index contributed by atoms with van der Waals surface area (Å²) in [5.74, 6) is -0.0108. The van der Waals surface area contributed by atoms with Crippen molar-refractivity contribution in [2.24, 2.45) is 11.7 Å². The molecule has 14 heavy (non-hydrogen) atoms. The SMILES string of the molecule is C/C=C/[C@@H](C)C/C(N)=C/C(=O)OCC. The Labute approximate surface area is 85.6 Å². The van der Waals surface area contributed by atoms with Gasteiger partial charge in [-0.25, -0.2) is 4.79 Å². The molecule has 0 heterocycles. The average molecular weight is 197 g/mol. The van der Waals surface area contributed by atoms with E-state index in [4.69, 9.17) is 10.5 Å². The largest absolute Gasteiger partial charge is 0.463 e. The van der Waals surface area contributed by atoms with Gasteiger partial charge in [0.1, 0.15) is 0 Å². The highest BCUT2D eigenvalue weighted by Gasteiger charge is 2.02. The number of allylic oxidation sites excluding steroid dienone is 3. The Morgan fingerprint density at radius 1 is 1.57 bits per heavy atom. The van der Waals surface area contributed by atoms with Crippen molar-refractivity contribution in [3.8, 4) is 0 Å². The number of hydrogen-bond acceptors (Lipinski definition) is 3. The van der Waals surface area contributed by atoms with Gasteiger partial charge in [-0.05, 0) is 26.2 Å². The third-order valence-electron chi connectivity index (χ3n) is 1.67. The third kappa shape index (κ3) is 6.29. The molecule has 0 bridgehead atoms. The Morgan fingerprint density at radius 3 is 2.71 bits per heavy atom. The molecular formula is C11H19NO2. The van der Waals surface area contributed by atoms with E-state index in [2.05, 4.69) is 0 Å². The van der Waals surface area contributed by atoms with Crippen LogP contribution in [-0.4, -0.2) is 12.6 Å². The third-order valence-corrected chi connectivity index (χ3v) is 1.67. The van der Waals surface area contributed by atoms with Gasteiger partial charge in [-0.3, -0.25) is 0 Å². The van der Waals surface area contributed by atoms with Crippen LogP contribution >= 0.6 is 0 Å². The molecule has 0 saturated carbocycles. The Kier molecular flexibility index (Phi) is 6.54. The molecule has 0 aliphatic rings. The number of nitrogens with two attached hydrogens (primary N) is 1. The minimum atomic E-state index is -0.363. The zero-order valence-corrected chi connectivity index (χ0v) is 9.12. The molecule has 0 radical (unpaired) electrons. The van der Waals surface area contributed by atoms with Gasteiger partial charge in [0.05, 0.1) is 6.61 Å². The van der Waals surface area contributed by atoms with E-state index in [0.717, 1.165) is 0 Å². The van der Waals surface area contributed by atoms with Gasteiger partial charge >= 0.3 is 5.97 Å². The number of carbonyl (C=O) groups is 1. The van der Waals surface area contributed by atoms with Crippen molar-refractivity contribution < 1.29 is 9.53 Å². The molecule has 2 N–H and O–H groups in total. The first-order chi connectivity index (χ1) is 6.60. The van der Waals surface area contributed by atoms with Gasteiger partial charge in [0.2, 0.25) is 0 Å². The van der Waals surface area contributed by atoms with Gasteiger partial charge in [0, 0.05) is 11.8 Å². The van der Waals surface area contributed by atoms with Gasteiger partial charge in [-0.1, -0.05) is 19.1 Å². The normalized spacial score (nSPS) is 14.4. The first kappa shape index (κ1) is 12.8. The highest BCUT2D eigenvalue weighted by Crippen LogP contribution is 2.08. The molecule has 3 heteroatoms. The summed E-state index contributed by atoms with van der Waals surface area (Å²) in [5.41, 5.74) is 6.23. The predicted octanol–water partition coefficient (Wildman–Crippen LogP) is 1.99. The van der Waals surface area contributed by atoms with E-state index in [9.17, 15) is 4.79 Å². The van der Waals surface area contributed by atoms with Crippen LogP contribution in [0.15, 0.2) is 23.9 Å². The van der Waals surface area contributed by atoms with Gasteiger partial charge in [0.15, 0.2) is 0 Å². The summed E-state index contributed by atoms with van der Waals surface area (Å²) in [7, 11) is 0. The number of carbonyl (C=O) groups excluding carboxylic acids is 1. The second-order valence-electron chi connectivity index (χ2n) is 3.18. The van der Waals surface area contributed by atoms with Crippen LogP contribution < -0.4 is 5.73 Å². The zero-order valence-electron chi connectivity index (χ0n) is 9.12. The Hall–Kier alpha value is -1.25. The smallest absolute Gasteiger partial charge is 0.332 e. The van der Waals surface area contributed by atoms with Crippen molar-refractivity contribution in [3.05, 3.63) is 23.9 Å². The van der Waals surface area contributed by atoms with E-state index in [1.54, 1.807) is 6.92 Å². The van der Waals surface area contributed by atoms with E-state index >= 15 is 0 Å². The van der Waals surface area contributed by atoms with Crippen LogP contribution in [0.1, 0.15) is 27.2 Å². The van der Waals surface area contributed by atoms with Crippen molar-refractivity contribution >= 4 is 5.97 Å². The van der Waals surface area contributed by atoms with Crippen LogP contribution in [0.3, 0.4) is 0 Å². The minimum absolute atomic E-state index is 0.352. The molecule has 0 saturated heterocycles. The summed E-state index contributed by atoms with van der Waals surface area (Å²) in [6.45, 7) is 6.16. The Bertz CT molecular complexity index is 231. The summed E-state index contributed by atoms with van der Waals surface area (Å²) in [4.78, 5) is 11.0. The first-order valence-electron chi connectivity index (χ1n) is 4.85. The van der Waals surface area contributed by atoms with Gasteiger partial charge in [-0.2, -0.15) is 0 Å². The number of hydrogen-bond donors (Lipinski definition) is 1. The maximum absolute atomic E-state index is 11.0. The van der Waals surface area contributed by atoms with Crippen LogP contribution in [0.2, 0.25) is 0 Å². The quantitative estimate of drug-likeness (QED) is 0.416. The van der Waals surface area contributed by atoms with Crippen molar-refractivity contribution in [2.45, 2.75) is 27.2 Å². The second kappa shape index (κ2) is 7.18. The summed E-state index contributed by atoms with van der Waals surface area (Å²) in [6, 6.07) is 0. The standard InChI is InChI=1S/C11H19NO2/c1-4-6-9(3)7-10(12)8-11(13)14-5-2/h4,6,8-9H,5,7,12H2,1-3H3/b6-4+,10-8-/t9-/m1/s1. The molecule has 1 atom stereocenters. The molecular weight excluding hydrogens is 178 g/mol. The molecule has 0 aromatic rings. The number of rotatable bonds is 5. The van der Waals surface area contributed by atoms with E-state index in [0.29, 0.717) is 24.6 Å². The van der Waals surface area contributed by atoms with E-state index in [1.807, 2.05) is 26.0 Å². The van der Waals surface area contributed by atoms with Crippen molar-refractivity contribution in [1.29, 1.82) is 0 Å². The van der Waals surface area contributed by atoms with Crippen molar-refractivity contribution in [2.75, 3.05) is 6.61 Å². The van der Waals surface area contributed by atoms with Crippen LogP contribution in [0, 0.1) is 5.92 Å². The van der Waals surface area contributed by atoms with Crippen LogP contribution in [-0.2, 0) is 9.53 Å². The highest BCUT2D eigenvalue weighted by atomic mass is 16.5. The minimum Gasteiger partial charge on any atom is -0.463 e. The van der Waals surface area contributed by atoms with Gasteiger partial charge < -0.3 is 10.5 Å². The predicted molar refractivity (Wildman–Crippen MR) is 57.5 cm³/mol. The molecule has 0 aromatic heterocycles. The molecule has 3 nitrogen and oxygen atoms in total. The maximum atomic E-state index is 11.0. The van der Waals surface area contributed by atoms with Crippen molar-refractivity contribution in [3.63, 3.8) is 0 Å². The molecule has 0 fully saturated rings. The molecule has 0 unspecified atom stereocenters. The van der Waals surface area contributed by atoms with E-state index < -0.39 is 0 Å². The molecule has 0 aliphatic carbocycles. The number of ether oxygens (including phenoxy) is 1. The van der Waals surface area contributed by atoms with Gasteiger partial charge in [0.25, 0.3) is 0 Å². The summed E-state index contributed by atoms with van der Waals surface area (Å²) in [6.07, 6.45) is 6.06. The first-order valence-corrected chi connectivity index (χ1v) is 4.85. The van der Waals surface area contributed by atoms with Crippen LogP contribution in [0.25, 0.3) is 0 Å². The molecule has 0 spiro atoms. The lowest BCUT2D eigenvalue weighted by molar-refractivity contribution is -0.137. The lowest BCUT2D eigenvalue weighted by Crippen LogP contribution is -2.08. The summed E-state index contributed by atoms with van der Waals surface area (Å²) < 4.78 is 4.74. The van der Waals surface area contributed by atoms with E-state index in [-0.39, 0.29) is 5.97 Å². The number of esters is 1. The molecule has 0 aromatic carbocycles. The molecule has 0 amide bonds. The summed E-state index contributed by atoms with van der Waals surface area (Å²) >= 11 is 0. The monoisotopic (exact) mass is 197 g/mol. The lowest BCUT2D eigenvalue weighted by Gasteiger charge is -2.05. The van der Waals surface area contributed by atoms with Crippen LogP contribution in [0.5, 0.6) is 0 Å². The maximum Gasteiger partial charge on any atom is 0.332 e. The highest BCUT2D eigenvalue weighted by molar-refractivity contribution is 5.82. The fourth-order valence-electron chi connectivity index (χ4n) is 1.16. The average Bonchev–Trinajstić information content (AvgIpc) is 2.03.